The van der Waals surface area contributed by atoms with Crippen LogP contribution in [0, 0.1) is 12.0 Å². The van der Waals surface area contributed by atoms with E-state index >= 15 is 0 Å². The standard InChI is InChI=1S/C9H15NO/c1-9(3-6-10-2)4-7-11-8-5-9/h3-8H2,1H3. The third-order valence-corrected chi connectivity index (χ3v) is 2.53. The summed E-state index contributed by atoms with van der Waals surface area (Å²) in [6.07, 6.45) is 3.30. The van der Waals surface area contributed by atoms with Gasteiger partial charge in [0.15, 0.2) is 0 Å². The minimum atomic E-state index is 0.392. The van der Waals surface area contributed by atoms with Crippen LogP contribution >= 0.6 is 0 Å². The fourth-order valence-electron chi connectivity index (χ4n) is 1.44. The average Bonchev–Trinajstić information content (AvgIpc) is 2.03. The number of nitrogens with zero attached hydrogens (tertiary/aromatic N) is 1. The van der Waals surface area contributed by atoms with Crippen LogP contribution in [0.25, 0.3) is 4.85 Å². The molecule has 1 heterocycles. The maximum Gasteiger partial charge on any atom is 0.215 e. The van der Waals surface area contributed by atoms with Gasteiger partial charge in [0.25, 0.3) is 0 Å². The molecule has 1 fully saturated rings. The van der Waals surface area contributed by atoms with E-state index in [2.05, 4.69) is 11.8 Å². The Bertz CT molecular complexity index is 153. The molecule has 11 heavy (non-hydrogen) atoms. The van der Waals surface area contributed by atoms with Gasteiger partial charge in [0.2, 0.25) is 6.54 Å². The summed E-state index contributed by atoms with van der Waals surface area (Å²) >= 11 is 0. The fourth-order valence-corrected chi connectivity index (χ4v) is 1.44. The van der Waals surface area contributed by atoms with Gasteiger partial charge in [-0.25, -0.2) is 6.57 Å². The largest absolute Gasteiger partial charge is 0.381 e. The second-order valence-corrected chi connectivity index (χ2v) is 3.55. The Morgan fingerprint density at radius 3 is 2.64 bits per heavy atom. The number of ether oxygens (including phenoxy) is 1. The molecule has 0 unspecified atom stereocenters. The molecule has 0 saturated carbocycles. The third kappa shape index (κ3) is 2.51. The van der Waals surface area contributed by atoms with Gasteiger partial charge in [-0.1, -0.05) is 6.92 Å². The average molecular weight is 153 g/mol. The van der Waals surface area contributed by atoms with Crippen molar-refractivity contribution < 1.29 is 4.74 Å². The van der Waals surface area contributed by atoms with Crippen molar-refractivity contribution in [1.82, 2.24) is 0 Å². The van der Waals surface area contributed by atoms with Crippen LogP contribution in [0.3, 0.4) is 0 Å². The Morgan fingerprint density at radius 2 is 2.09 bits per heavy atom. The van der Waals surface area contributed by atoms with Gasteiger partial charge in [0, 0.05) is 19.6 Å². The van der Waals surface area contributed by atoms with Crippen molar-refractivity contribution in [2.24, 2.45) is 5.41 Å². The summed E-state index contributed by atoms with van der Waals surface area (Å²) < 4.78 is 5.27. The molecule has 1 saturated heterocycles. The molecule has 0 N–H and O–H groups in total. The van der Waals surface area contributed by atoms with E-state index in [1.165, 1.54) is 0 Å². The second kappa shape index (κ2) is 3.73. The first-order valence-electron chi connectivity index (χ1n) is 4.18. The lowest BCUT2D eigenvalue weighted by molar-refractivity contribution is 0.0218. The summed E-state index contributed by atoms with van der Waals surface area (Å²) in [5.74, 6) is 0. The second-order valence-electron chi connectivity index (χ2n) is 3.55. The molecule has 1 aliphatic rings. The Labute approximate surface area is 68.4 Å². The molecule has 0 aromatic heterocycles. The maximum absolute atomic E-state index is 6.70. The van der Waals surface area contributed by atoms with Crippen molar-refractivity contribution in [3.63, 3.8) is 0 Å². The van der Waals surface area contributed by atoms with Gasteiger partial charge in [0.05, 0.1) is 0 Å². The molecule has 0 spiro atoms. The number of hydrogen-bond donors (Lipinski definition) is 0. The molecule has 2 nitrogen and oxygen atoms in total. The van der Waals surface area contributed by atoms with E-state index in [0.717, 1.165) is 32.5 Å². The summed E-state index contributed by atoms with van der Waals surface area (Å²) in [4.78, 5) is 3.38. The highest BCUT2D eigenvalue weighted by Crippen LogP contribution is 2.33. The Kier molecular flexibility index (Phi) is 2.90. The lowest BCUT2D eigenvalue weighted by Gasteiger charge is -2.31. The molecule has 2 heteroatoms. The molecule has 0 bridgehead atoms. The van der Waals surface area contributed by atoms with Crippen LogP contribution in [0.1, 0.15) is 26.2 Å². The van der Waals surface area contributed by atoms with E-state index in [-0.39, 0.29) is 0 Å². The smallest absolute Gasteiger partial charge is 0.215 e. The Morgan fingerprint density at radius 1 is 1.45 bits per heavy atom. The first-order valence-corrected chi connectivity index (χ1v) is 4.18. The quantitative estimate of drug-likeness (QED) is 0.554. The monoisotopic (exact) mass is 153 g/mol. The molecule has 0 atom stereocenters. The lowest BCUT2D eigenvalue weighted by atomic mass is 9.79. The first-order chi connectivity index (χ1) is 5.27. The zero-order valence-corrected chi connectivity index (χ0v) is 7.10. The van der Waals surface area contributed by atoms with E-state index in [1.54, 1.807) is 0 Å². The molecule has 62 valence electrons. The predicted octanol–water partition coefficient (Wildman–Crippen LogP) is 2.11. The minimum Gasteiger partial charge on any atom is -0.381 e. The van der Waals surface area contributed by atoms with Crippen molar-refractivity contribution in [1.29, 1.82) is 0 Å². The molecule has 0 radical (unpaired) electrons. The van der Waals surface area contributed by atoms with Crippen molar-refractivity contribution >= 4 is 0 Å². The van der Waals surface area contributed by atoms with E-state index in [9.17, 15) is 0 Å². The zero-order chi connectivity index (χ0) is 8.16. The van der Waals surface area contributed by atoms with Gasteiger partial charge in [-0.15, -0.1) is 0 Å². The van der Waals surface area contributed by atoms with E-state index < -0.39 is 0 Å². The van der Waals surface area contributed by atoms with Crippen LogP contribution in [-0.4, -0.2) is 19.8 Å². The molecular formula is C9H15NO. The van der Waals surface area contributed by atoms with Crippen LogP contribution in [0.4, 0.5) is 0 Å². The minimum absolute atomic E-state index is 0.392. The zero-order valence-electron chi connectivity index (χ0n) is 7.10. The molecule has 0 aliphatic carbocycles. The van der Waals surface area contributed by atoms with E-state index in [0.29, 0.717) is 12.0 Å². The van der Waals surface area contributed by atoms with Crippen molar-refractivity contribution in [2.45, 2.75) is 26.2 Å². The first kappa shape index (κ1) is 8.55. The summed E-state index contributed by atoms with van der Waals surface area (Å²) in [6, 6.07) is 0. The van der Waals surface area contributed by atoms with Crippen LogP contribution in [-0.2, 0) is 4.74 Å². The molecule has 0 aromatic carbocycles. The Hall–Kier alpha value is -0.550. The van der Waals surface area contributed by atoms with Gasteiger partial charge in [0.1, 0.15) is 0 Å². The van der Waals surface area contributed by atoms with Crippen molar-refractivity contribution in [2.75, 3.05) is 19.8 Å². The summed E-state index contributed by atoms with van der Waals surface area (Å²) in [6.45, 7) is 11.4. The van der Waals surface area contributed by atoms with Crippen LogP contribution in [0.2, 0.25) is 0 Å². The van der Waals surface area contributed by atoms with Crippen LogP contribution in [0.5, 0.6) is 0 Å². The molecule has 0 amide bonds. The fraction of sp³-hybridized carbons (Fsp3) is 0.889. The highest BCUT2D eigenvalue weighted by Gasteiger charge is 2.27. The van der Waals surface area contributed by atoms with Crippen LogP contribution in [0.15, 0.2) is 0 Å². The molecule has 0 aromatic rings. The molecule has 1 aliphatic heterocycles. The maximum atomic E-state index is 6.70. The van der Waals surface area contributed by atoms with Gasteiger partial charge in [-0.3, -0.25) is 0 Å². The van der Waals surface area contributed by atoms with Gasteiger partial charge < -0.3 is 9.58 Å². The SMILES string of the molecule is [C-]#[N+]CCC1(C)CCOCC1. The lowest BCUT2D eigenvalue weighted by Crippen LogP contribution is -2.26. The normalized spacial score (nSPS) is 22.5. The predicted molar refractivity (Wildman–Crippen MR) is 44.2 cm³/mol. The van der Waals surface area contributed by atoms with Gasteiger partial charge >= 0.3 is 0 Å². The summed E-state index contributed by atoms with van der Waals surface area (Å²) in [5, 5.41) is 0. The summed E-state index contributed by atoms with van der Waals surface area (Å²) in [7, 11) is 0. The van der Waals surface area contributed by atoms with E-state index in [1.807, 2.05) is 0 Å². The topological polar surface area (TPSA) is 13.6 Å². The summed E-state index contributed by atoms with van der Waals surface area (Å²) in [5.41, 5.74) is 0.392. The van der Waals surface area contributed by atoms with Gasteiger partial charge in [-0.05, 0) is 18.3 Å². The third-order valence-electron chi connectivity index (χ3n) is 2.53. The van der Waals surface area contributed by atoms with Crippen molar-refractivity contribution in [3.05, 3.63) is 11.4 Å². The number of rotatable bonds is 2. The molecular weight excluding hydrogens is 138 g/mol. The Balaban J connectivity index is 2.32. The van der Waals surface area contributed by atoms with Gasteiger partial charge in [-0.2, -0.15) is 0 Å². The number of hydrogen-bond acceptors (Lipinski definition) is 1. The molecule has 1 rings (SSSR count). The van der Waals surface area contributed by atoms with Crippen molar-refractivity contribution in [3.8, 4) is 0 Å². The highest BCUT2D eigenvalue weighted by atomic mass is 16.5. The van der Waals surface area contributed by atoms with Crippen LogP contribution < -0.4 is 0 Å². The van der Waals surface area contributed by atoms with E-state index in [4.69, 9.17) is 11.3 Å². The highest BCUT2D eigenvalue weighted by molar-refractivity contribution is 4.80.